The van der Waals surface area contributed by atoms with Gasteiger partial charge in [0.05, 0.1) is 5.02 Å². The second-order valence-electron chi connectivity index (χ2n) is 5.02. The number of rotatable bonds is 4. The molecule has 3 aromatic rings. The van der Waals surface area contributed by atoms with Crippen LogP contribution in [-0.4, -0.2) is 24.1 Å². The van der Waals surface area contributed by atoms with Crippen LogP contribution in [-0.2, 0) is 7.05 Å². The second-order valence-corrected chi connectivity index (χ2v) is 7.39. The average Bonchev–Trinajstić information content (AvgIpc) is 3.09. The average molecular weight is 352 g/mol. The third-order valence-corrected chi connectivity index (χ3v) is 5.20. The van der Waals surface area contributed by atoms with Gasteiger partial charge in [-0.2, -0.15) is 4.37 Å². The van der Waals surface area contributed by atoms with Crippen molar-refractivity contribution < 1.29 is 0 Å². The Kier molecular flexibility index (Phi) is 4.46. The molecule has 0 aliphatic rings. The molecular formula is C14H14ClN5S2. The molecule has 0 radical (unpaired) electrons. The highest BCUT2D eigenvalue weighted by atomic mass is 35.5. The standard InChI is InChI=1S/C14H14ClN5S2/c1-8(2)11-16-14(22-19-11)21-13-18-17-12(20(13)3)9-6-4-5-7-10(9)15/h4-8H,1-3H3. The van der Waals surface area contributed by atoms with Crippen LogP contribution in [0.2, 0.25) is 5.02 Å². The Bertz CT molecular complexity index is 796. The largest absolute Gasteiger partial charge is 0.305 e. The minimum atomic E-state index is 0.323. The van der Waals surface area contributed by atoms with E-state index in [0.29, 0.717) is 10.9 Å². The molecule has 0 fully saturated rings. The number of aromatic nitrogens is 5. The maximum absolute atomic E-state index is 6.23. The summed E-state index contributed by atoms with van der Waals surface area (Å²) < 4.78 is 7.14. The molecule has 0 atom stereocenters. The van der Waals surface area contributed by atoms with Gasteiger partial charge in [-0.25, -0.2) is 4.98 Å². The summed E-state index contributed by atoms with van der Waals surface area (Å²) in [6.45, 7) is 4.16. The minimum absolute atomic E-state index is 0.323. The molecular weight excluding hydrogens is 338 g/mol. The molecule has 0 bridgehead atoms. The van der Waals surface area contributed by atoms with Crippen LogP contribution in [0.3, 0.4) is 0 Å². The first-order chi connectivity index (χ1) is 10.6. The molecule has 0 aliphatic carbocycles. The Morgan fingerprint density at radius 3 is 2.68 bits per heavy atom. The third kappa shape index (κ3) is 3.02. The summed E-state index contributed by atoms with van der Waals surface area (Å²) in [6, 6.07) is 7.61. The molecule has 5 nitrogen and oxygen atoms in total. The molecule has 8 heteroatoms. The summed E-state index contributed by atoms with van der Waals surface area (Å²) in [5.41, 5.74) is 0.867. The van der Waals surface area contributed by atoms with Crippen molar-refractivity contribution in [1.82, 2.24) is 24.1 Å². The van der Waals surface area contributed by atoms with Crippen LogP contribution >= 0.6 is 34.9 Å². The molecule has 0 unspecified atom stereocenters. The number of hydrogen-bond acceptors (Lipinski definition) is 6. The van der Waals surface area contributed by atoms with E-state index in [2.05, 4.69) is 33.4 Å². The van der Waals surface area contributed by atoms with E-state index in [4.69, 9.17) is 11.6 Å². The van der Waals surface area contributed by atoms with E-state index in [-0.39, 0.29) is 0 Å². The summed E-state index contributed by atoms with van der Waals surface area (Å²) in [5.74, 6) is 1.92. The molecule has 0 aliphatic heterocycles. The number of benzene rings is 1. The van der Waals surface area contributed by atoms with E-state index in [1.807, 2.05) is 35.9 Å². The summed E-state index contributed by atoms with van der Waals surface area (Å²) in [5, 5.41) is 9.91. The van der Waals surface area contributed by atoms with E-state index >= 15 is 0 Å². The van der Waals surface area contributed by atoms with Crippen LogP contribution in [0, 0.1) is 0 Å². The fourth-order valence-corrected chi connectivity index (χ4v) is 3.72. The van der Waals surface area contributed by atoms with E-state index in [9.17, 15) is 0 Å². The Morgan fingerprint density at radius 1 is 1.23 bits per heavy atom. The zero-order valence-corrected chi connectivity index (χ0v) is 14.7. The Morgan fingerprint density at radius 2 is 2.00 bits per heavy atom. The van der Waals surface area contributed by atoms with Gasteiger partial charge in [0.2, 0.25) is 0 Å². The maximum Gasteiger partial charge on any atom is 0.198 e. The molecule has 0 N–H and O–H groups in total. The number of nitrogens with zero attached hydrogens (tertiary/aromatic N) is 5. The maximum atomic E-state index is 6.23. The van der Waals surface area contributed by atoms with Gasteiger partial charge in [-0.05, 0) is 35.4 Å². The van der Waals surface area contributed by atoms with E-state index in [1.54, 1.807) is 0 Å². The molecule has 2 heterocycles. The third-order valence-electron chi connectivity index (χ3n) is 3.07. The highest BCUT2D eigenvalue weighted by Gasteiger charge is 2.16. The molecule has 114 valence electrons. The van der Waals surface area contributed by atoms with E-state index in [0.717, 1.165) is 26.7 Å². The van der Waals surface area contributed by atoms with Crippen molar-refractivity contribution in [2.24, 2.45) is 7.05 Å². The lowest BCUT2D eigenvalue weighted by atomic mass is 10.2. The molecule has 0 saturated carbocycles. The van der Waals surface area contributed by atoms with Crippen molar-refractivity contribution >= 4 is 34.9 Å². The van der Waals surface area contributed by atoms with E-state index < -0.39 is 0 Å². The topological polar surface area (TPSA) is 56.5 Å². The van der Waals surface area contributed by atoms with Gasteiger partial charge in [0, 0.05) is 18.5 Å². The molecule has 0 amide bonds. The minimum Gasteiger partial charge on any atom is -0.305 e. The lowest BCUT2D eigenvalue weighted by molar-refractivity contribution is 0.782. The van der Waals surface area contributed by atoms with Crippen molar-refractivity contribution in [2.45, 2.75) is 29.3 Å². The van der Waals surface area contributed by atoms with Crippen molar-refractivity contribution in [3.63, 3.8) is 0 Å². The first-order valence-corrected chi connectivity index (χ1v) is 8.68. The van der Waals surface area contributed by atoms with Crippen LogP contribution in [0.5, 0.6) is 0 Å². The summed E-state index contributed by atoms with van der Waals surface area (Å²) in [6.07, 6.45) is 0. The lowest BCUT2D eigenvalue weighted by Crippen LogP contribution is -1.95. The van der Waals surface area contributed by atoms with Crippen molar-refractivity contribution in [3.8, 4) is 11.4 Å². The highest BCUT2D eigenvalue weighted by Crippen LogP contribution is 2.32. The summed E-state index contributed by atoms with van der Waals surface area (Å²) in [4.78, 5) is 4.51. The molecule has 3 rings (SSSR count). The second kappa shape index (κ2) is 6.36. The lowest BCUT2D eigenvalue weighted by Gasteiger charge is -2.04. The van der Waals surface area contributed by atoms with Gasteiger partial charge in [0.15, 0.2) is 15.3 Å². The van der Waals surface area contributed by atoms with Gasteiger partial charge in [-0.3, -0.25) is 0 Å². The van der Waals surface area contributed by atoms with Gasteiger partial charge in [-0.15, -0.1) is 10.2 Å². The fraction of sp³-hybridized carbons (Fsp3) is 0.286. The highest BCUT2D eigenvalue weighted by molar-refractivity contribution is 8.00. The quantitative estimate of drug-likeness (QED) is 0.702. The smallest absolute Gasteiger partial charge is 0.198 e. The first kappa shape index (κ1) is 15.5. The Labute approximate surface area is 141 Å². The van der Waals surface area contributed by atoms with Crippen molar-refractivity contribution in [3.05, 3.63) is 35.1 Å². The van der Waals surface area contributed by atoms with Crippen LogP contribution in [0.1, 0.15) is 25.6 Å². The van der Waals surface area contributed by atoms with Crippen LogP contribution in [0.4, 0.5) is 0 Å². The molecule has 0 saturated heterocycles. The first-order valence-electron chi connectivity index (χ1n) is 6.72. The normalized spacial score (nSPS) is 11.3. The van der Waals surface area contributed by atoms with Gasteiger partial charge in [0.1, 0.15) is 5.82 Å². The van der Waals surface area contributed by atoms with E-state index in [1.165, 1.54) is 23.3 Å². The Balaban J connectivity index is 1.89. The van der Waals surface area contributed by atoms with Gasteiger partial charge in [-0.1, -0.05) is 37.6 Å². The zero-order valence-electron chi connectivity index (χ0n) is 12.3. The van der Waals surface area contributed by atoms with Gasteiger partial charge >= 0.3 is 0 Å². The molecule has 2 aromatic heterocycles. The number of hydrogen-bond donors (Lipinski definition) is 0. The predicted octanol–water partition coefficient (Wildman–Crippen LogP) is 4.26. The van der Waals surface area contributed by atoms with Crippen LogP contribution in [0.25, 0.3) is 11.4 Å². The predicted molar refractivity (Wildman–Crippen MR) is 89.6 cm³/mol. The van der Waals surface area contributed by atoms with Gasteiger partial charge < -0.3 is 4.57 Å². The monoisotopic (exact) mass is 351 g/mol. The molecule has 0 spiro atoms. The SMILES string of the molecule is CC(C)c1nsc(Sc2nnc(-c3ccccc3Cl)n2C)n1. The Hall–Kier alpha value is -1.44. The molecule has 22 heavy (non-hydrogen) atoms. The van der Waals surface area contributed by atoms with Crippen molar-refractivity contribution in [2.75, 3.05) is 0 Å². The van der Waals surface area contributed by atoms with Crippen LogP contribution in [0.15, 0.2) is 33.8 Å². The molecule has 1 aromatic carbocycles. The number of halogens is 1. The summed E-state index contributed by atoms with van der Waals surface area (Å²) >= 11 is 9.08. The fourth-order valence-electron chi connectivity index (χ4n) is 1.86. The van der Waals surface area contributed by atoms with Crippen LogP contribution < -0.4 is 0 Å². The van der Waals surface area contributed by atoms with Gasteiger partial charge in [0.25, 0.3) is 0 Å². The van der Waals surface area contributed by atoms with Crippen molar-refractivity contribution in [1.29, 1.82) is 0 Å². The summed E-state index contributed by atoms with van der Waals surface area (Å²) in [7, 11) is 1.92. The zero-order chi connectivity index (χ0) is 15.7.